The van der Waals surface area contributed by atoms with Crippen molar-refractivity contribution in [3.8, 4) is 0 Å². The van der Waals surface area contributed by atoms with Crippen LogP contribution in [0.1, 0.15) is 16.1 Å². The summed E-state index contributed by atoms with van der Waals surface area (Å²) in [6.45, 7) is 1.95. The maximum absolute atomic E-state index is 11.8. The highest BCUT2D eigenvalue weighted by molar-refractivity contribution is 9.10. The van der Waals surface area contributed by atoms with Gasteiger partial charge in [-0.2, -0.15) is 0 Å². The molecule has 3 N–H and O–H groups in total. The van der Waals surface area contributed by atoms with Crippen LogP contribution in [-0.4, -0.2) is 16.2 Å². The molecule has 7 heteroatoms. The van der Waals surface area contributed by atoms with Gasteiger partial charge in [0, 0.05) is 4.47 Å². The molecule has 2 aromatic rings. The number of nitrogens with two attached hydrogens (primary N) is 1. The van der Waals surface area contributed by atoms with E-state index in [0.29, 0.717) is 5.69 Å². The first-order valence-electron chi connectivity index (χ1n) is 4.73. The molecule has 0 saturated carbocycles. The zero-order valence-corrected chi connectivity index (χ0v) is 10.5. The number of benzene rings is 1. The van der Waals surface area contributed by atoms with Crippen LogP contribution >= 0.6 is 15.9 Å². The third-order valence-corrected chi connectivity index (χ3v) is 2.76. The predicted molar refractivity (Wildman–Crippen MR) is 65.5 cm³/mol. The predicted octanol–water partition coefficient (Wildman–Crippen LogP) is 1.98. The third-order valence-electron chi connectivity index (χ3n) is 2.10. The molecule has 1 amide bonds. The Balaban J connectivity index is 2.22. The molecule has 0 aliphatic carbocycles. The van der Waals surface area contributed by atoms with Crippen molar-refractivity contribution in [3.05, 3.63) is 33.9 Å². The van der Waals surface area contributed by atoms with E-state index in [-0.39, 0.29) is 11.5 Å². The van der Waals surface area contributed by atoms with E-state index >= 15 is 0 Å². The first-order valence-corrected chi connectivity index (χ1v) is 5.53. The summed E-state index contributed by atoms with van der Waals surface area (Å²) in [5.41, 5.74) is 7.10. The van der Waals surface area contributed by atoms with Crippen molar-refractivity contribution >= 4 is 33.3 Å². The zero-order chi connectivity index (χ0) is 12.4. The van der Waals surface area contributed by atoms with Crippen LogP contribution in [0, 0.1) is 6.92 Å². The Kier molecular flexibility index (Phi) is 3.10. The van der Waals surface area contributed by atoms with E-state index in [0.717, 1.165) is 10.0 Å². The van der Waals surface area contributed by atoms with Gasteiger partial charge in [-0.05, 0) is 50.9 Å². The molecule has 0 spiro atoms. The van der Waals surface area contributed by atoms with Crippen LogP contribution < -0.4 is 11.1 Å². The topological polar surface area (TPSA) is 94.0 Å². The normalized spacial score (nSPS) is 10.2. The van der Waals surface area contributed by atoms with Gasteiger partial charge in [0.2, 0.25) is 11.5 Å². The summed E-state index contributed by atoms with van der Waals surface area (Å²) in [6, 6.07) is 5.55. The number of hydrogen-bond donors (Lipinski definition) is 2. The lowest BCUT2D eigenvalue weighted by Crippen LogP contribution is -2.14. The molecular formula is C10H9BrN4O2. The number of aromatic nitrogens is 2. The van der Waals surface area contributed by atoms with Crippen molar-refractivity contribution in [1.82, 2.24) is 10.3 Å². The highest BCUT2D eigenvalue weighted by Crippen LogP contribution is 2.24. The summed E-state index contributed by atoms with van der Waals surface area (Å²) >= 11 is 3.35. The third kappa shape index (κ3) is 2.44. The van der Waals surface area contributed by atoms with Crippen molar-refractivity contribution < 1.29 is 9.42 Å². The van der Waals surface area contributed by atoms with Crippen molar-refractivity contribution in [2.45, 2.75) is 6.92 Å². The average Bonchev–Trinajstić information content (AvgIpc) is 2.68. The summed E-state index contributed by atoms with van der Waals surface area (Å²) in [5, 5.41) is 9.41. The SMILES string of the molecule is Cc1ccc(NC(=O)c2nonc2N)c(Br)c1. The van der Waals surface area contributed by atoms with Gasteiger partial charge in [-0.25, -0.2) is 4.63 Å². The Bertz CT molecular complexity index is 567. The number of rotatable bonds is 2. The summed E-state index contributed by atoms with van der Waals surface area (Å²) in [6.07, 6.45) is 0. The zero-order valence-electron chi connectivity index (χ0n) is 8.90. The standard InChI is InChI=1S/C10H9BrN4O2/c1-5-2-3-7(6(11)4-5)13-10(16)8-9(12)15-17-14-8/h2-4H,1H3,(H2,12,15)(H,13,16). The first-order chi connectivity index (χ1) is 8.08. The lowest BCUT2D eigenvalue weighted by Gasteiger charge is -2.06. The molecule has 88 valence electrons. The Morgan fingerprint density at radius 1 is 1.47 bits per heavy atom. The number of nitrogens with one attached hydrogen (secondary N) is 1. The molecule has 0 aliphatic heterocycles. The number of amides is 1. The largest absolute Gasteiger partial charge is 0.379 e. The van der Waals surface area contributed by atoms with Gasteiger partial charge >= 0.3 is 0 Å². The summed E-state index contributed by atoms with van der Waals surface area (Å²) in [5.74, 6) is -0.501. The molecule has 2 rings (SSSR count). The Morgan fingerprint density at radius 2 is 2.24 bits per heavy atom. The second kappa shape index (κ2) is 4.54. The number of halogens is 1. The number of anilines is 2. The minimum atomic E-state index is -0.465. The number of hydrogen-bond acceptors (Lipinski definition) is 5. The molecule has 6 nitrogen and oxygen atoms in total. The lowest BCUT2D eigenvalue weighted by molar-refractivity contribution is 0.101. The fraction of sp³-hybridized carbons (Fsp3) is 0.100. The van der Waals surface area contributed by atoms with Crippen LogP contribution in [0.15, 0.2) is 27.3 Å². The van der Waals surface area contributed by atoms with E-state index in [1.54, 1.807) is 6.07 Å². The minimum absolute atomic E-state index is 0.0301. The van der Waals surface area contributed by atoms with E-state index in [1.165, 1.54) is 0 Å². The number of carbonyl (C=O) groups excluding carboxylic acids is 1. The van der Waals surface area contributed by atoms with E-state index in [1.807, 2.05) is 19.1 Å². The Morgan fingerprint density at radius 3 is 2.82 bits per heavy atom. The van der Waals surface area contributed by atoms with E-state index in [9.17, 15) is 4.79 Å². The average molecular weight is 297 g/mol. The smallest absolute Gasteiger partial charge is 0.281 e. The summed E-state index contributed by atoms with van der Waals surface area (Å²) < 4.78 is 5.13. The highest BCUT2D eigenvalue weighted by Gasteiger charge is 2.16. The monoisotopic (exact) mass is 296 g/mol. The molecular weight excluding hydrogens is 288 g/mol. The van der Waals surface area contributed by atoms with Gasteiger partial charge in [-0.3, -0.25) is 4.79 Å². The van der Waals surface area contributed by atoms with E-state index in [2.05, 4.69) is 36.2 Å². The van der Waals surface area contributed by atoms with Crippen LogP contribution in [0.3, 0.4) is 0 Å². The van der Waals surface area contributed by atoms with Gasteiger partial charge in [-0.15, -0.1) is 0 Å². The minimum Gasteiger partial charge on any atom is -0.379 e. The molecule has 0 aliphatic rings. The van der Waals surface area contributed by atoms with Crippen molar-refractivity contribution in [3.63, 3.8) is 0 Å². The van der Waals surface area contributed by atoms with Crippen molar-refractivity contribution in [2.24, 2.45) is 0 Å². The molecule has 0 bridgehead atoms. The van der Waals surface area contributed by atoms with E-state index < -0.39 is 5.91 Å². The number of nitrogens with zero attached hydrogens (tertiary/aromatic N) is 2. The second-order valence-corrected chi connectivity index (χ2v) is 4.29. The Hall–Kier alpha value is -1.89. The highest BCUT2D eigenvalue weighted by atomic mass is 79.9. The van der Waals surface area contributed by atoms with Crippen LogP contribution in [0.4, 0.5) is 11.5 Å². The van der Waals surface area contributed by atoms with Gasteiger partial charge in [0.15, 0.2) is 0 Å². The molecule has 1 aromatic carbocycles. The Labute approximate surface area is 105 Å². The lowest BCUT2D eigenvalue weighted by atomic mass is 10.2. The maximum Gasteiger partial charge on any atom is 0.281 e. The van der Waals surface area contributed by atoms with Gasteiger partial charge < -0.3 is 11.1 Å². The van der Waals surface area contributed by atoms with Crippen LogP contribution in [0.25, 0.3) is 0 Å². The second-order valence-electron chi connectivity index (χ2n) is 3.44. The number of aryl methyl sites for hydroxylation is 1. The maximum atomic E-state index is 11.8. The van der Waals surface area contributed by atoms with Gasteiger partial charge in [0.25, 0.3) is 5.91 Å². The van der Waals surface area contributed by atoms with E-state index in [4.69, 9.17) is 5.73 Å². The molecule has 0 saturated heterocycles. The fourth-order valence-corrected chi connectivity index (χ4v) is 1.85. The van der Waals surface area contributed by atoms with Gasteiger partial charge in [0.05, 0.1) is 5.69 Å². The molecule has 1 aromatic heterocycles. The molecule has 0 atom stereocenters. The summed E-state index contributed by atoms with van der Waals surface area (Å²) in [4.78, 5) is 11.8. The number of carbonyl (C=O) groups is 1. The molecule has 0 radical (unpaired) electrons. The van der Waals surface area contributed by atoms with Crippen LogP contribution in [0.2, 0.25) is 0 Å². The van der Waals surface area contributed by atoms with Crippen molar-refractivity contribution in [2.75, 3.05) is 11.1 Å². The first kappa shape index (κ1) is 11.6. The van der Waals surface area contributed by atoms with Crippen LogP contribution in [0.5, 0.6) is 0 Å². The quantitative estimate of drug-likeness (QED) is 0.883. The molecule has 0 unspecified atom stereocenters. The van der Waals surface area contributed by atoms with Gasteiger partial charge in [-0.1, -0.05) is 6.07 Å². The number of nitrogen functional groups attached to an aromatic ring is 1. The van der Waals surface area contributed by atoms with Gasteiger partial charge in [0.1, 0.15) is 0 Å². The van der Waals surface area contributed by atoms with Crippen LogP contribution in [-0.2, 0) is 0 Å². The molecule has 0 fully saturated rings. The molecule has 1 heterocycles. The summed E-state index contributed by atoms with van der Waals surface area (Å²) in [7, 11) is 0. The molecule has 17 heavy (non-hydrogen) atoms. The van der Waals surface area contributed by atoms with Crippen molar-refractivity contribution in [1.29, 1.82) is 0 Å². The fourth-order valence-electron chi connectivity index (χ4n) is 1.26.